The Labute approximate surface area is 152 Å². The molecule has 4 rings (SSSR count). The van der Waals surface area contributed by atoms with E-state index < -0.39 is 0 Å². The van der Waals surface area contributed by atoms with Crippen LogP contribution < -0.4 is 10.3 Å². The van der Waals surface area contributed by atoms with Crippen molar-refractivity contribution in [2.75, 3.05) is 10.3 Å². The summed E-state index contributed by atoms with van der Waals surface area (Å²) >= 11 is 0. The number of amides is 1. The molecule has 0 bridgehead atoms. The lowest BCUT2D eigenvalue weighted by atomic mass is 10.0. The van der Waals surface area contributed by atoms with Gasteiger partial charge in [-0.3, -0.25) is 14.8 Å². The molecule has 1 aliphatic heterocycles. The Bertz CT molecular complexity index is 911. The van der Waals surface area contributed by atoms with Gasteiger partial charge in [-0.25, -0.2) is 0 Å². The van der Waals surface area contributed by atoms with Crippen molar-refractivity contribution >= 4 is 23.0 Å². The topological polar surface area (TPSA) is 57.6 Å². The summed E-state index contributed by atoms with van der Waals surface area (Å²) in [7, 11) is 0. The molecular formula is C21H18N4O. The molecule has 5 heteroatoms. The predicted molar refractivity (Wildman–Crippen MR) is 103 cm³/mol. The molecule has 0 aliphatic carbocycles. The molecule has 1 aliphatic rings. The van der Waals surface area contributed by atoms with Gasteiger partial charge in [0.25, 0.3) is 5.91 Å². The van der Waals surface area contributed by atoms with Crippen molar-refractivity contribution in [2.45, 2.75) is 12.5 Å². The number of carbonyl (C=O) groups is 1. The lowest BCUT2D eigenvalue weighted by Crippen LogP contribution is -2.21. The van der Waals surface area contributed by atoms with Crippen LogP contribution in [0.2, 0.25) is 0 Å². The Hall–Kier alpha value is -3.47. The highest BCUT2D eigenvalue weighted by molar-refractivity contribution is 6.43. The van der Waals surface area contributed by atoms with Crippen molar-refractivity contribution in [2.24, 2.45) is 5.10 Å². The molecule has 0 spiro atoms. The van der Waals surface area contributed by atoms with E-state index in [-0.39, 0.29) is 11.9 Å². The minimum atomic E-state index is -0.185. The lowest BCUT2D eigenvalue weighted by molar-refractivity contribution is -0.110. The molecule has 1 N–H and O–H groups in total. The highest BCUT2D eigenvalue weighted by atomic mass is 16.2. The lowest BCUT2D eigenvalue weighted by Gasteiger charge is -2.23. The molecule has 2 aromatic carbocycles. The zero-order valence-electron chi connectivity index (χ0n) is 14.1. The first-order chi connectivity index (χ1) is 12.8. The zero-order chi connectivity index (χ0) is 17.8. The molecule has 2 heterocycles. The number of pyridine rings is 1. The van der Waals surface area contributed by atoms with E-state index in [4.69, 9.17) is 0 Å². The van der Waals surface area contributed by atoms with Gasteiger partial charge in [0, 0.05) is 24.5 Å². The number of rotatable bonds is 4. The van der Waals surface area contributed by atoms with Crippen molar-refractivity contribution in [1.29, 1.82) is 0 Å². The number of hydrogen-bond acceptors (Lipinski definition) is 4. The fourth-order valence-electron chi connectivity index (χ4n) is 3.04. The summed E-state index contributed by atoms with van der Waals surface area (Å²) in [6.45, 7) is 0. The van der Waals surface area contributed by atoms with E-state index in [1.54, 1.807) is 24.5 Å². The number of carbonyl (C=O) groups excluding carboxylic acids is 1. The van der Waals surface area contributed by atoms with Crippen LogP contribution in [0.3, 0.4) is 0 Å². The molecule has 0 radical (unpaired) electrons. The monoisotopic (exact) mass is 342 g/mol. The number of hydrogen-bond donors (Lipinski definition) is 1. The average molecular weight is 342 g/mol. The second-order valence-electron chi connectivity index (χ2n) is 6.05. The van der Waals surface area contributed by atoms with E-state index in [1.807, 2.05) is 53.5 Å². The standard InChI is InChI=1S/C21H18N4O/c26-21(23-17-11-13-22-14-12-17)19-15-20(16-7-3-1-4-8-16)25(24-19)18-9-5-2-6-10-18/h1-14,20H,15H2,(H,22,23,26). The second-order valence-corrected chi connectivity index (χ2v) is 6.05. The summed E-state index contributed by atoms with van der Waals surface area (Å²) in [6, 6.07) is 23.6. The number of nitrogens with one attached hydrogen (secondary N) is 1. The normalized spacial score (nSPS) is 16.2. The Morgan fingerprint density at radius 1 is 0.923 bits per heavy atom. The van der Waals surface area contributed by atoms with Crippen LogP contribution >= 0.6 is 0 Å². The molecule has 0 saturated heterocycles. The van der Waals surface area contributed by atoms with Gasteiger partial charge < -0.3 is 5.32 Å². The summed E-state index contributed by atoms with van der Waals surface area (Å²) in [5.74, 6) is -0.185. The van der Waals surface area contributed by atoms with Crippen LogP contribution in [0, 0.1) is 0 Å². The minimum Gasteiger partial charge on any atom is -0.321 e. The Balaban J connectivity index is 1.63. The molecule has 1 aromatic heterocycles. The molecule has 1 amide bonds. The number of para-hydroxylation sites is 1. The first-order valence-corrected chi connectivity index (χ1v) is 8.49. The first-order valence-electron chi connectivity index (χ1n) is 8.49. The first kappa shape index (κ1) is 16.0. The van der Waals surface area contributed by atoms with Gasteiger partial charge in [-0.05, 0) is 29.8 Å². The van der Waals surface area contributed by atoms with Gasteiger partial charge in [0.1, 0.15) is 5.71 Å². The third kappa shape index (κ3) is 3.32. The summed E-state index contributed by atoms with van der Waals surface area (Å²) in [4.78, 5) is 16.6. The molecule has 1 atom stereocenters. The minimum absolute atomic E-state index is 0.00297. The Kier molecular flexibility index (Phi) is 4.43. The van der Waals surface area contributed by atoms with Crippen LogP contribution in [0.15, 0.2) is 90.3 Å². The van der Waals surface area contributed by atoms with Gasteiger partial charge in [0.05, 0.1) is 11.7 Å². The van der Waals surface area contributed by atoms with Crippen molar-refractivity contribution in [3.05, 3.63) is 90.8 Å². The number of benzene rings is 2. The molecule has 3 aromatic rings. The van der Waals surface area contributed by atoms with Gasteiger partial charge in [0.15, 0.2) is 0 Å². The SMILES string of the molecule is O=C(Nc1ccncc1)C1=NN(c2ccccc2)C(c2ccccc2)C1. The van der Waals surface area contributed by atoms with Crippen molar-refractivity contribution in [1.82, 2.24) is 4.98 Å². The van der Waals surface area contributed by atoms with E-state index >= 15 is 0 Å². The van der Waals surface area contributed by atoms with Gasteiger partial charge in [-0.2, -0.15) is 5.10 Å². The number of anilines is 2. The smallest absolute Gasteiger partial charge is 0.271 e. The highest BCUT2D eigenvalue weighted by Gasteiger charge is 2.32. The van der Waals surface area contributed by atoms with Crippen LogP contribution in [0.4, 0.5) is 11.4 Å². The van der Waals surface area contributed by atoms with Gasteiger partial charge in [-0.15, -0.1) is 0 Å². The van der Waals surface area contributed by atoms with Crippen molar-refractivity contribution in [3.63, 3.8) is 0 Å². The van der Waals surface area contributed by atoms with Gasteiger partial charge >= 0.3 is 0 Å². The fourth-order valence-corrected chi connectivity index (χ4v) is 3.04. The van der Waals surface area contributed by atoms with Crippen LogP contribution in [-0.4, -0.2) is 16.6 Å². The van der Waals surface area contributed by atoms with E-state index in [0.717, 1.165) is 11.3 Å². The zero-order valence-corrected chi connectivity index (χ0v) is 14.1. The highest BCUT2D eigenvalue weighted by Crippen LogP contribution is 2.35. The summed E-state index contributed by atoms with van der Waals surface area (Å²) in [5.41, 5.74) is 3.32. The van der Waals surface area contributed by atoms with E-state index in [2.05, 4.69) is 27.5 Å². The second kappa shape index (κ2) is 7.19. The molecule has 128 valence electrons. The third-order valence-electron chi connectivity index (χ3n) is 4.32. The van der Waals surface area contributed by atoms with E-state index in [0.29, 0.717) is 17.8 Å². The van der Waals surface area contributed by atoms with Crippen LogP contribution in [-0.2, 0) is 4.79 Å². The van der Waals surface area contributed by atoms with Gasteiger partial charge in [-0.1, -0.05) is 48.5 Å². The predicted octanol–water partition coefficient (Wildman–Crippen LogP) is 4.03. The number of hydrazone groups is 1. The molecule has 5 nitrogen and oxygen atoms in total. The maximum absolute atomic E-state index is 12.7. The van der Waals surface area contributed by atoms with Crippen molar-refractivity contribution in [3.8, 4) is 0 Å². The Morgan fingerprint density at radius 2 is 1.58 bits per heavy atom. The van der Waals surface area contributed by atoms with Crippen molar-refractivity contribution < 1.29 is 4.79 Å². The van der Waals surface area contributed by atoms with Crippen LogP contribution in [0.25, 0.3) is 0 Å². The average Bonchev–Trinajstić information content (AvgIpc) is 3.16. The maximum Gasteiger partial charge on any atom is 0.271 e. The van der Waals surface area contributed by atoms with Crippen LogP contribution in [0.5, 0.6) is 0 Å². The molecular weight excluding hydrogens is 324 g/mol. The number of nitrogens with zero attached hydrogens (tertiary/aromatic N) is 3. The summed E-state index contributed by atoms with van der Waals surface area (Å²) < 4.78 is 0. The Morgan fingerprint density at radius 3 is 2.27 bits per heavy atom. The largest absolute Gasteiger partial charge is 0.321 e. The fraction of sp³-hybridized carbons (Fsp3) is 0.0952. The van der Waals surface area contributed by atoms with E-state index in [9.17, 15) is 4.79 Å². The molecule has 0 saturated carbocycles. The summed E-state index contributed by atoms with van der Waals surface area (Å²) in [5, 5.41) is 9.45. The van der Waals surface area contributed by atoms with Gasteiger partial charge in [0.2, 0.25) is 0 Å². The van der Waals surface area contributed by atoms with E-state index in [1.165, 1.54) is 0 Å². The molecule has 26 heavy (non-hydrogen) atoms. The maximum atomic E-state index is 12.7. The summed E-state index contributed by atoms with van der Waals surface area (Å²) in [6.07, 6.45) is 3.85. The molecule has 1 unspecified atom stereocenters. The third-order valence-corrected chi connectivity index (χ3v) is 4.32. The number of aromatic nitrogens is 1. The van der Waals surface area contributed by atoms with Crippen LogP contribution in [0.1, 0.15) is 18.0 Å². The molecule has 0 fully saturated rings. The quantitative estimate of drug-likeness (QED) is 0.779.